The van der Waals surface area contributed by atoms with E-state index >= 15 is 0 Å². The molecular weight excluding hydrogens is 165 g/mol. The fourth-order valence-corrected chi connectivity index (χ4v) is 0.192. The first kappa shape index (κ1) is 9.43. The van der Waals surface area contributed by atoms with Crippen LogP contribution in [0, 0.1) is 10.2 Å². The summed E-state index contributed by atoms with van der Waals surface area (Å²) < 4.78 is 34.0. The van der Waals surface area contributed by atoms with Crippen molar-refractivity contribution < 1.29 is 34.3 Å². The molecule has 0 aliphatic carbocycles. The van der Waals surface area contributed by atoms with Gasteiger partial charge in [0.2, 0.25) is 0 Å². The summed E-state index contributed by atoms with van der Waals surface area (Å²) in [5, 5.41) is 6.94. The van der Waals surface area contributed by atoms with Crippen molar-refractivity contribution in [3.63, 3.8) is 0 Å². The van der Waals surface area contributed by atoms with E-state index in [-0.39, 0.29) is 0 Å². The molecule has 0 saturated carbocycles. The predicted octanol–water partition coefficient (Wildman–Crippen LogP) is -5.35. The van der Waals surface area contributed by atoms with E-state index in [1.165, 1.54) is 0 Å². The molecule has 0 spiro atoms. The highest BCUT2D eigenvalue weighted by Gasteiger charge is 1.84. The van der Waals surface area contributed by atoms with Crippen LogP contribution in [0.4, 0.5) is 0 Å². The third kappa shape index (κ3) is 15.7. The summed E-state index contributed by atoms with van der Waals surface area (Å²) in [6.07, 6.45) is 3.42. The third-order valence-corrected chi connectivity index (χ3v) is 0.372. The molecule has 0 radical (unpaired) electrons. The molecule has 0 unspecified atom stereocenters. The molecule has 0 saturated heterocycles. The fraction of sp³-hybridized carbons (Fsp3) is 0. The van der Waals surface area contributed by atoms with Crippen LogP contribution in [-0.2, 0) is 0 Å². The van der Waals surface area contributed by atoms with Crippen molar-refractivity contribution >= 4 is 0 Å². The van der Waals surface area contributed by atoms with Crippen LogP contribution in [-0.4, -0.2) is 0 Å². The molecule has 1 heterocycles. The molecule has 0 amide bonds. The van der Waals surface area contributed by atoms with E-state index in [4.69, 9.17) is 18.6 Å². The second-order valence-corrected chi connectivity index (χ2v) is 1.86. The monoisotopic (exact) mass is 169 g/mol. The minimum Gasteiger partial charge on any atom is -0.222 e. The van der Waals surface area contributed by atoms with Gasteiger partial charge in [0.05, 0.1) is 0 Å². The van der Waals surface area contributed by atoms with Crippen molar-refractivity contribution in [2.24, 2.45) is 10.3 Å². The topological polar surface area (TPSA) is 134 Å². The lowest BCUT2D eigenvalue weighted by Gasteiger charge is -2.17. The molecule has 0 atom stereocenters. The second kappa shape index (κ2) is 4.28. The Hall–Kier alpha value is -0.570. The highest BCUT2D eigenvalue weighted by molar-refractivity contribution is 4.65. The Morgan fingerprint density at radius 2 is 1.70 bits per heavy atom. The van der Waals surface area contributed by atoms with Crippen molar-refractivity contribution in [3.05, 3.63) is 12.4 Å². The lowest BCUT2D eigenvalue weighted by molar-refractivity contribution is -2.00. The molecule has 1 aliphatic heterocycles. The molecular formula is C2H4ClN3O4. The van der Waals surface area contributed by atoms with Gasteiger partial charge in [0.25, 0.3) is 0 Å². The van der Waals surface area contributed by atoms with Gasteiger partial charge in [0.15, 0.2) is 0 Å². The zero-order chi connectivity index (χ0) is 8.04. The van der Waals surface area contributed by atoms with Crippen molar-refractivity contribution in [1.82, 2.24) is 0 Å². The number of nitrogens with two attached hydrogens (primary N) is 1. The summed E-state index contributed by atoms with van der Waals surface area (Å²) in [5.41, 5.74) is 1.64. The van der Waals surface area contributed by atoms with Crippen molar-refractivity contribution in [2.75, 3.05) is 0 Å². The van der Waals surface area contributed by atoms with E-state index in [2.05, 4.69) is 10.3 Å². The number of hydrogen-bond acceptors (Lipinski definition) is 6. The van der Waals surface area contributed by atoms with Gasteiger partial charge in [-0.3, -0.25) is 0 Å². The number of nitrogens with zero attached hydrogens (tertiary/aromatic N) is 2. The Morgan fingerprint density at radius 3 is 1.80 bits per heavy atom. The van der Waals surface area contributed by atoms with E-state index in [0.717, 1.165) is 0 Å². The second-order valence-electron chi connectivity index (χ2n) is 1.10. The Labute approximate surface area is 58.0 Å². The normalized spacial score (nSPS) is 14.8. The molecule has 0 fully saturated rings. The maximum Gasteiger partial charge on any atom is 0.141 e. The number of rotatable bonds is 0. The van der Waals surface area contributed by atoms with Crippen LogP contribution in [0.15, 0.2) is 22.7 Å². The van der Waals surface area contributed by atoms with Crippen LogP contribution in [0.25, 0.3) is 0 Å². The molecule has 2 N–H and O–H groups in total. The van der Waals surface area contributed by atoms with E-state index in [9.17, 15) is 0 Å². The standard InChI is InChI=1S/C2H3N3.ClHO4/c1-2-4-5-3-1;2-1(3,4)5/h1-2H,(H,3,4,5);(H,2,3,4,5). The molecule has 1 rings (SSSR count). The highest BCUT2D eigenvalue weighted by atomic mass is 35.7. The molecule has 7 nitrogen and oxygen atoms in total. The summed E-state index contributed by atoms with van der Waals surface area (Å²) >= 11 is 0. The molecule has 0 bridgehead atoms. The first-order chi connectivity index (χ1) is 4.50. The quantitative estimate of drug-likeness (QED) is 0.362. The molecule has 0 aromatic heterocycles. The van der Waals surface area contributed by atoms with Gasteiger partial charge in [0.1, 0.15) is 12.4 Å². The van der Waals surface area contributed by atoms with Gasteiger partial charge in [-0.1, -0.05) is 0 Å². The van der Waals surface area contributed by atoms with Gasteiger partial charge in [-0.2, -0.15) is 5.43 Å². The van der Waals surface area contributed by atoms with Crippen molar-refractivity contribution in [3.8, 4) is 0 Å². The van der Waals surface area contributed by atoms with Crippen LogP contribution in [0.1, 0.15) is 0 Å². The summed E-state index contributed by atoms with van der Waals surface area (Å²) in [6, 6.07) is 0. The largest absolute Gasteiger partial charge is 0.222 e. The van der Waals surface area contributed by atoms with Gasteiger partial charge < -0.3 is 0 Å². The molecule has 10 heavy (non-hydrogen) atoms. The van der Waals surface area contributed by atoms with Gasteiger partial charge >= 0.3 is 0 Å². The van der Waals surface area contributed by atoms with E-state index in [1.54, 1.807) is 17.8 Å². The lowest BCUT2D eigenvalue weighted by Crippen LogP contribution is -2.68. The first-order valence-corrected chi connectivity index (χ1v) is 3.23. The third-order valence-electron chi connectivity index (χ3n) is 0.372. The van der Waals surface area contributed by atoms with Crippen LogP contribution >= 0.6 is 0 Å². The Kier molecular flexibility index (Phi) is 4.03. The maximum absolute atomic E-state index is 8.49. The Balaban J connectivity index is 0.000000162. The average molecular weight is 170 g/mol. The van der Waals surface area contributed by atoms with Crippen molar-refractivity contribution in [2.45, 2.75) is 0 Å². The number of hydrogen-bond donors (Lipinski definition) is 1. The zero-order valence-electron chi connectivity index (χ0n) is 4.64. The molecule has 0 aromatic carbocycles. The Morgan fingerprint density at radius 1 is 1.20 bits per heavy atom. The minimum absolute atomic E-state index is 1.64. The summed E-state index contributed by atoms with van der Waals surface area (Å²) in [4.78, 5) is 0. The summed E-state index contributed by atoms with van der Waals surface area (Å²) in [6.45, 7) is 0. The van der Waals surface area contributed by atoms with E-state index < -0.39 is 10.2 Å². The highest BCUT2D eigenvalue weighted by Crippen LogP contribution is 1.69. The fourth-order valence-electron chi connectivity index (χ4n) is 0.192. The van der Waals surface area contributed by atoms with Crippen LogP contribution in [0.5, 0.6) is 0 Å². The van der Waals surface area contributed by atoms with Gasteiger partial charge in [0, 0.05) is 5.22 Å². The minimum atomic E-state index is -4.94. The summed E-state index contributed by atoms with van der Waals surface area (Å²) in [5.74, 6) is 0. The Bertz CT molecular complexity index is 124. The molecule has 0 aromatic rings. The van der Waals surface area contributed by atoms with Gasteiger partial charge in [-0.15, -0.1) is 15.4 Å². The van der Waals surface area contributed by atoms with E-state index in [0.29, 0.717) is 0 Å². The summed E-state index contributed by atoms with van der Waals surface area (Å²) in [7, 11) is -4.94. The van der Waals surface area contributed by atoms with Crippen LogP contribution in [0.3, 0.4) is 0 Å². The molecule has 58 valence electrons. The van der Waals surface area contributed by atoms with Crippen LogP contribution in [0.2, 0.25) is 0 Å². The van der Waals surface area contributed by atoms with Gasteiger partial charge in [-0.25, -0.2) is 18.6 Å². The lowest BCUT2D eigenvalue weighted by atomic mass is 11.0. The van der Waals surface area contributed by atoms with E-state index in [1.807, 2.05) is 0 Å². The maximum atomic E-state index is 8.49. The number of halogens is 1. The number of quaternary nitrogens is 1. The van der Waals surface area contributed by atoms with Crippen LogP contribution < -0.4 is 24.1 Å². The average Bonchev–Trinajstić information content (AvgIpc) is 2.07. The van der Waals surface area contributed by atoms with Crippen molar-refractivity contribution in [1.29, 1.82) is 0 Å². The predicted molar refractivity (Wildman–Crippen MR) is 15.9 cm³/mol. The smallest absolute Gasteiger partial charge is 0.141 e. The SMILES string of the molecule is C1=C[NH2+]N=N1.[O-][Cl+3]([O-])([O-])[O-]. The van der Waals surface area contributed by atoms with Gasteiger partial charge in [-0.05, 0) is 0 Å². The zero-order valence-corrected chi connectivity index (χ0v) is 5.39. The molecule has 1 aliphatic rings. The first-order valence-electron chi connectivity index (χ1n) is 2.00. The molecule has 8 heteroatoms.